The second-order valence-electron chi connectivity index (χ2n) is 5.55. The van der Waals surface area contributed by atoms with Gasteiger partial charge in [-0.1, -0.05) is 24.6 Å². The van der Waals surface area contributed by atoms with Crippen LogP contribution in [0.5, 0.6) is 5.75 Å². The minimum atomic E-state index is 0.00357. The largest absolute Gasteiger partial charge is 0.485 e. The monoisotopic (exact) mass is 271 g/mol. The number of rotatable bonds is 2. The molecule has 0 aliphatic carbocycles. The second kappa shape index (κ2) is 4.94. The molecule has 1 aromatic carbocycles. The van der Waals surface area contributed by atoms with E-state index in [2.05, 4.69) is 37.3 Å². The van der Waals surface area contributed by atoms with Crippen molar-refractivity contribution in [1.82, 2.24) is 9.78 Å². The molecule has 0 bridgehead atoms. The van der Waals surface area contributed by atoms with Gasteiger partial charge in [0.25, 0.3) is 0 Å². The molecule has 1 aromatic heterocycles. The molecule has 2 atom stereocenters. The lowest BCUT2D eigenvalue weighted by atomic mass is 9.92. The van der Waals surface area contributed by atoms with E-state index >= 15 is 0 Å². The standard InChI is InChI=1S/C16H21N3O/c1-4-14-12(9-19(3)18-14)16-8-13(17)11-7-10(2)5-6-15(11)20-16/h5-7,9,13,16H,4,8,17H2,1-3H3. The molecule has 2 heterocycles. The number of nitrogens with two attached hydrogens (primary N) is 1. The molecule has 0 fully saturated rings. The fourth-order valence-corrected chi connectivity index (χ4v) is 2.91. The van der Waals surface area contributed by atoms with Gasteiger partial charge < -0.3 is 10.5 Å². The summed E-state index contributed by atoms with van der Waals surface area (Å²) in [6, 6.07) is 6.24. The van der Waals surface area contributed by atoms with Gasteiger partial charge in [0.2, 0.25) is 0 Å². The Hall–Kier alpha value is -1.81. The van der Waals surface area contributed by atoms with Gasteiger partial charge in [-0.15, -0.1) is 0 Å². The van der Waals surface area contributed by atoms with Crippen LogP contribution in [0.3, 0.4) is 0 Å². The van der Waals surface area contributed by atoms with Crippen molar-refractivity contribution < 1.29 is 4.74 Å². The highest BCUT2D eigenvalue weighted by Crippen LogP contribution is 2.40. The molecule has 0 saturated heterocycles. The normalized spacial score (nSPS) is 21.4. The molecule has 20 heavy (non-hydrogen) atoms. The summed E-state index contributed by atoms with van der Waals surface area (Å²) in [6.45, 7) is 4.20. The van der Waals surface area contributed by atoms with Crippen LogP contribution in [0.4, 0.5) is 0 Å². The molecule has 2 aromatic rings. The van der Waals surface area contributed by atoms with E-state index in [1.807, 2.05) is 17.8 Å². The lowest BCUT2D eigenvalue weighted by Gasteiger charge is -2.30. The number of aryl methyl sites for hydroxylation is 3. The first-order valence-corrected chi connectivity index (χ1v) is 7.13. The van der Waals surface area contributed by atoms with Crippen LogP contribution in [-0.2, 0) is 13.5 Å². The molecule has 2 unspecified atom stereocenters. The predicted octanol–water partition coefficient (Wildman–Crippen LogP) is 2.81. The van der Waals surface area contributed by atoms with E-state index in [0.29, 0.717) is 0 Å². The van der Waals surface area contributed by atoms with Crippen LogP contribution < -0.4 is 10.5 Å². The summed E-state index contributed by atoms with van der Waals surface area (Å²) in [5.74, 6) is 0.908. The Kier molecular flexibility index (Phi) is 3.26. The smallest absolute Gasteiger partial charge is 0.129 e. The lowest BCUT2D eigenvalue weighted by Crippen LogP contribution is -2.24. The van der Waals surface area contributed by atoms with Crippen molar-refractivity contribution in [2.45, 2.75) is 38.8 Å². The van der Waals surface area contributed by atoms with Gasteiger partial charge in [0, 0.05) is 36.8 Å². The molecule has 106 valence electrons. The average Bonchev–Trinajstić information content (AvgIpc) is 2.80. The fourth-order valence-electron chi connectivity index (χ4n) is 2.91. The first-order chi connectivity index (χ1) is 9.58. The van der Waals surface area contributed by atoms with Gasteiger partial charge >= 0.3 is 0 Å². The predicted molar refractivity (Wildman–Crippen MR) is 78.7 cm³/mol. The average molecular weight is 271 g/mol. The van der Waals surface area contributed by atoms with E-state index in [0.717, 1.165) is 35.4 Å². The Labute approximate surface area is 119 Å². The molecule has 1 aliphatic heterocycles. The third-order valence-corrected chi connectivity index (χ3v) is 3.92. The molecule has 0 radical (unpaired) electrons. The second-order valence-corrected chi connectivity index (χ2v) is 5.55. The molecule has 2 N–H and O–H groups in total. The molecule has 0 spiro atoms. The number of hydrogen-bond acceptors (Lipinski definition) is 3. The molecular weight excluding hydrogens is 250 g/mol. The van der Waals surface area contributed by atoms with Crippen LogP contribution >= 0.6 is 0 Å². The van der Waals surface area contributed by atoms with Gasteiger partial charge in [-0.05, 0) is 19.4 Å². The third kappa shape index (κ3) is 2.20. The van der Waals surface area contributed by atoms with Crippen LogP contribution in [-0.4, -0.2) is 9.78 Å². The van der Waals surface area contributed by atoms with Crippen LogP contribution in [0, 0.1) is 6.92 Å². The number of aromatic nitrogens is 2. The minimum absolute atomic E-state index is 0.00357. The number of ether oxygens (including phenoxy) is 1. The van der Waals surface area contributed by atoms with E-state index in [4.69, 9.17) is 10.5 Å². The zero-order chi connectivity index (χ0) is 14.3. The zero-order valence-electron chi connectivity index (χ0n) is 12.3. The van der Waals surface area contributed by atoms with Crippen molar-refractivity contribution in [3.8, 4) is 5.75 Å². The van der Waals surface area contributed by atoms with Crippen molar-refractivity contribution in [2.75, 3.05) is 0 Å². The van der Waals surface area contributed by atoms with Crippen LogP contribution in [0.25, 0.3) is 0 Å². The highest BCUT2D eigenvalue weighted by Gasteiger charge is 2.29. The van der Waals surface area contributed by atoms with E-state index < -0.39 is 0 Å². The molecular formula is C16H21N3O. The summed E-state index contributed by atoms with van der Waals surface area (Å²) in [5, 5.41) is 4.50. The Morgan fingerprint density at radius 1 is 1.40 bits per heavy atom. The Balaban J connectivity index is 1.96. The number of fused-ring (bicyclic) bond motifs is 1. The van der Waals surface area contributed by atoms with Crippen LogP contribution in [0.2, 0.25) is 0 Å². The lowest BCUT2D eigenvalue weighted by molar-refractivity contribution is 0.160. The summed E-state index contributed by atoms with van der Waals surface area (Å²) in [4.78, 5) is 0. The Morgan fingerprint density at radius 3 is 2.95 bits per heavy atom. The maximum Gasteiger partial charge on any atom is 0.129 e. The summed E-state index contributed by atoms with van der Waals surface area (Å²) in [7, 11) is 1.95. The Bertz CT molecular complexity index is 633. The van der Waals surface area contributed by atoms with Crippen molar-refractivity contribution in [3.63, 3.8) is 0 Å². The van der Waals surface area contributed by atoms with Gasteiger partial charge in [-0.25, -0.2) is 0 Å². The summed E-state index contributed by atoms with van der Waals surface area (Å²) in [5.41, 5.74) is 10.9. The molecule has 4 nitrogen and oxygen atoms in total. The van der Waals surface area contributed by atoms with Gasteiger partial charge in [-0.2, -0.15) is 5.10 Å². The number of nitrogens with zero attached hydrogens (tertiary/aromatic N) is 2. The fraction of sp³-hybridized carbons (Fsp3) is 0.438. The topological polar surface area (TPSA) is 53.1 Å². The van der Waals surface area contributed by atoms with E-state index in [-0.39, 0.29) is 12.1 Å². The highest BCUT2D eigenvalue weighted by atomic mass is 16.5. The molecule has 0 amide bonds. The number of hydrogen-bond donors (Lipinski definition) is 1. The minimum Gasteiger partial charge on any atom is -0.485 e. The quantitative estimate of drug-likeness (QED) is 0.913. The van der Waals surface area contributed by atoms with Gasteiger partial charge in [-0.3, -0.25) is 4.68 Å². The summed E-state index contributed by atoms with van der Waals surface area (Å²) in [6.07, 6.45) is 3.76. The first kappa shape index (κ1) is 13.2. The van der Waals surface area contributed by atoms with Crippen molar-refractivity contribution >= 4 is 0 Å². The van der Waals surface area contributed by atoms with E-state index in [9.17, 15) is 0 Å². The molecule has 3 rings (SSSR count). The number of benzene rings is 1. The van der Waals surface area contributed by atoms with Crippen LogP contribution in [0.1, 0.15) is 47.9 Å². The van der Waals surface area contributed by atoms with Crippen molar-refractivity contribution in [2.24, 2.45) is 12.8 Å². The molecule has 4 heteroatoms. The first-order valence-electron chi connectivity index (χ1n) is 7.13. The van der Waals surface area contributed by atoms with Gasteiger partial charge in [0.15, 0.2) is 0 Å². The van der Waals surface area contributed by atoms with Crippen molar-refractivity contribution in [3.05, 3.63) is 46.8 Å². The van der Waals surface area contributed by atoms with Gasteiger partial charge in [0.1, 0.15) is 11.9 Å². The summed E-state index contributed by atoms with van der Waals surface area (Å²) < 4.78 is 8.02. The van der Waals surface area contributed by atoms with Crippen LogP contribution in [0.15, 0.2) is 24.4 Å². The molecule has 0 saturated carbocycles. The third-order valence-electron chi connectivity index (χ3n) is 3.92. The highest BCUT2D eigenvalue weighted by molar-refractivity contribution is 5.41. The summed E-state index contributed by atoms with van der Waals surface area (Å²) >= 11 is 0. The zero-order valence-corrected chi connectivity index (χ0v) is 12.3. The van der Waals surface area contributed by atoms with Crippen molar-refractivity contribution in [1.29, 1.82) is 0 Å². The van der Waals surface area contributed by atoms with E-state index in [1.54, 1.807) is 0 Å². The van der Waals surface area contributed by atoms with Gasteiger partial charge in [0.05, 0.1) is 5.69 Å². The molecule has 1 aliphatic rings. The SMILES string of the molecule is CCc1nn(C)cc1C1CC(N)c2cc(C)ccc2O1. The maximum atomic E-state index is 6.33. The maximum absolute atomic E-state index is 6.33. The van der Waals surface area contributed by atoms with E-state index in [1.165, 1.54) is 5.56 Å². The Morgan fingerprint density at radius 2 is 2.20 bits per heavy atom.